The molecular weight excluding hydrogens is 474 g/mol. The molecule has 0 saturated carbocycles. The lowest BCUT2D eigenvalue weighted by Gasteiger charge is -2.36. The molecule has 0 unspecified atom stereocenters. The number of hydrogen-bond acceptors (Lipinski definition) is 5. The number of amides is 1. The summed E-state index contributed by atoms with van der Waals surface area (Å²) in [6.07, 6.45) is -5.53. The summed E-state index contributed by atoms with van der Waals surface area (Å²) in [5.41, 5.74) is -1.64. The van der Waals surface area contributed by atoms with Gasteiger partial charge in [-0.3, -0.25) is 14.9 Å². The van der Waals surface area contributed by atoms with Crippen LogP contribution in [0.4, 0.5) is 24.5 Å². The van der Waals surface area contributed by atoms with Gasteiger partial charge in [0.1, 0.15) is 11.4 Å². The fourth-order valence-corrected chi connectivity index (χ4v) is 3.80. The summed E-state index contributed by atoms with van der Waals surface area (Å²) in [7, 11) is 0. The molecule has 12 heteroatoms. The van der Waals surface area contributed by atoms with Crippen molar-refractivity contribution < 1.29 is 27.6 Å². The van der Waals surface area contributed by atoms with E-state index in [0.29, 0.717) is 16.8 Å². The second kappa shape index (κ2) is 9.41. The quantitative estimate of drug-likeness (QED) is 0.432. The molecule has 1 heterocycles. The zero-order valence-corrected chi connectivity index (χ0v) is 18.2. The fraction of sp³-hybridized carbons (Fsp3) is 0.350. The normalized spacial score (nSPS) is 15.4. The van der Waals surface area contributed by atoms with Gasteiger partial charge >= 0.3 is 6.18 Å². The van der Waals surface area contributed by atoms with Crippen LogP contribution in [0.3, 0.4) is 0 Å². The van der Waals surface area contributed by atoms with E-state index in [9.17, 15) is 28.1 Å². The topological polar surface area (TPSA) is 75.9 Å². The highest BCUT2D eigenvalue weighted by atomic mass is 35.5. The van der Waals surface area contributed by atoms with Crippen LogP contribution in [0.25, 0.3) is 0 Å². The van der Waals surface area contributed by atoms with E-state index in [1.165, 1.54) is 11.0 Å². The Hall–Kier alpha value is -2.72. The van der Waals surface area contributed by atoms with E-state index in [2.05, 4.69) is 0 Å². The number of nitrogens with zero attached hydrogens (tertiary/aromatic N) is 3. The highest BCUT2D eigenvalue weighted by molar-refractivity contribution is 6.35. The van der Waals surface area contributed by atoms with E-state index in [-0.39, 0.29) is 42.8 Å². The van der Waals surface area contributed by atoms with Crippen LogP contribution < -0.4 is 9.64 Å². The maximum absolute atomic E-state index is 12.9. The Kier molecular flexibility index (Phi) is 7.04. The molecule has 1 fully saturated rings. The average molecular weight is 492 g/mol. The molecular formula is C20H18Cl2F3N3O4. The van der Waals surface area contributed by atoms with Gasteiger partial charge in [0.2, 0.25) is 0 Å². The third kappa shape index (κ3) is 5.36. The molecule has 1 amide bonds. The Morgan fingerprint density at radius 1 is 1.12 bits per heavy atom. The van der Waals surface area contributed by atoms with Crippen molar-refractivity contribution in [3.8, 4) is 5.75 Å². The summed E-state index contributed by atoms with van der Waals surface area (Å²) in [4.78, 5) is 26.3. The van der Waals surface area contributed by atoms with Gasteiger partial charge in [-0.1, -0.05) is 23.2 Å². The minimum atomic E-state index is -4.68. The van der Waals surface area contributed by atoms with Gasteiger partial charge in [-0.05, 0) is 37.3 Å². The zero-order valence-electron chi connectivity index (χ0n) is 16.7. The van der Waals surface area contributed by atoms with Gasteiger partial charge in [0.05, 0.1) is 15.5 Å². The summed E-state index contributed by atoms with van der Waals surface area (Å²) in [5.74, 6) is -0.00600. The van der Waals surface area contributed by atoms with Crippen LogP contribution in [0.15, 0.2) is 36.4 Å². The Morgan fingerprint density at radius 3 is 2.34 bits per heavy atom. The molecule has 1 aliphatic heterocycles. The molecule has 32 heavy (non-hydrogen) atoms. The Bertz CT molecular complexity index is 1030. The summed E-state index contributed by atoms with van der Waals surface area (Å²) in [6, 6.07) is 7.05. The molecule has 172 valence electrons. The van der Waals surface area contributed by atoms with Gasteiger partial charge in [0.15, 0.2) is 6.10 Å². The number of piperazine rings is 1. The molecule has 2 aromatic carbocycles. The number of benzene rings is 2. The van der Waals surface area contributed by atoms with E-state index in [0.717, 1.165) is 12.1 Å². The summed E-state index contributed by atoms with van der Waals surface area (Å²) in [5, 5.41) is 12.0. The monoisotopic (exact) mass is 491 g/mol. The number of anilines is 1. The number of rotatable bonds is 5. The van der Waals surface area contributed by atoms with Crippen LogP contribution in [-0.4, -0.2) is 48.0 Å². The number of ether oxygens (including phenoxy) is 1. The number of nitro groups is 1. The molecule has 0 aromatic heterocycles. The van der Waals surface area contributed by atoms with E-state index in [1.807, 2.05) is 0 Å². The Labute approximate surface area is 191 Å². The van der Waals surface area contributed by atoms with E-state index in [4.69, 9.17) is 27.9 Å². The predicted molar refractivity (Wildman–Crippen MR) is 113 cm³/mol. The van der Waals surface area contributed by atoms with Crippen LogP contribution in [0.2, 0.25) is 10.0 Å². The number of nitro benzene ring substituents is 1. The van der Waals surface area contributed by atoms with Crippen molar-refractivity contribution in [2.75, 3.05) is 31.1 Å². The molecule has 0 N–H and O–H groups in total. The number of carbonyl (C=O) groups excluding carboxylic acids is 1. The molecule has 0 spiro atoms. The third-order valence-electron chi connectivity index (χ3n) is 4.98. The molecule has 3 rings (SSSR count). The van der Waals surface area contributed by atoms with Crippen molar-refractivity contribution in [3.63, 3.8) is 0 Å². The average Bonchev–Trinajstić information content (AvgIpc) is 2.74. The molecule has 7 nitrogen and oxygen atoms in total. The predicted octanol–water partition coefficient (Wildman–Crippen LogP) is 5.04. The maximum atomic E-state index is 12.9. The smallest absolute Gasteiger partial charge is 0.416 e. The van der Waals surface area contributed by atoms with Crippen molar-refractivity contribution in [1.29, 1.82) is 0 Å². The van der Waals surface area contributed by atoms with Gasteiger partial charge in [0, 0.05) is 37.3 Å². The molecule has 1 atom stereocenters. The fourth-order valence-electron chi connectivity index (χ4n) is 3.35. The first kappa shape index (κ1) is 23.9. The SMILES string of the molecule is C[C@H](Oc1ccc(Cl)cc1Cl)C(=O)N1CCN(c2ccc(C(F)(F)F)cc2[N+](=O)[O-])CC1. The lowest BCUT2D eigenvalue weighted by Crippen LogP contribution is -2.52. The molecule has 2 aromatic rings. The van der Waals surface area contributed by atoms with Crippen LogP contribution in [0.5, 0.6) is 5.75 Å². The minimum Gasteiger partial charge on any atom is -0.479 e. The van der Waals surface area contributed by atoms with Crippen LogP contribution in [-0.2, 0) is 11.0 Å². The zero-order chi connectivity index (χ0) is 23.6. The van der Waals surface area contributed by atoms with Crippen molar-refractivity contribution >= 4 is 40.5 Å². The highest BCUT2D eigenvalue weighted by Gasteiger charge is 2.35. The van der Waals surface area contributed by atoms with Crippen molar-refractivity contribution in [1.82, 2.24) is 4.90 Å². The Balaban J connectivity index is 1.67. The van der Waals surface area contributed by atoms with Crippen molar-refractivity contribution in [2.24, 2.45) is 0 Å². The molecule has 1 aliphatic rings. The van der Waals surface area contributed by atoms with E-state index in [1.54, 1.807) is 24.0 Å². The van der Waals surface area contributed by atoms with Gasteiger partial charge in [-0.15, -0.1) is 0 Å². The maximum Gasteiger partial charge on any atom is 0.416 e. The molecule has 0 aliphatic carbocycles. The van der Waals surface area contributed by atoms with Gasteiger partial charge in [-0.2, -0.15) is 13.2 Å². The van der Waals surface area contributed by atoms with Crippen LogP contribution >= 0.6 is 23.2 Å². The highest BCUT2D eigenvalue weighted by Crippen LogP contribution is 2.37. The van der Waals surface area contributed by atoms with Gasteiger partial charge in [0.25, 0.3) is 11.6 Å². The molecule has 0 bridgehead atoms. The van der Waals surface area contributed by atoms with Crippen LogP contribution in [0, 0.1) is 10.1 Å². The Morgan fingerprint density at radius 2 is 1.78 bits per heavy atom. The number of halogens is 5. The largest absolute Gasteiger partial charge is 0.479 e. The number of alkyl halides is 3. The van der Waals surface area contributed by atoms with E-state index >= 15 is 0 Å². The van der Waals surface area contributed by atoms with Gasteiger partial charge < -0.3 is 14.5 Å². The second-order valence-corrected chi connectivity index (χ2v) is 7.95. The molecule has 1 saturated heterocycles. The van der Waals surface area contributed by atoms with Crippen LogP contribution in [0.1, 0.15) is 12.5 Å². The number of hydrogen-bond donors (Lipinski definition) is 0. The summed E-state index contributed by atoms with van der Waals surface area (Å²) in [6.45, 7) is 2.44. The van der Waals surface area contributed by atoms with Crippen molar-refractivity contribution in [2.45, 2.75) is 19.2 Å². The lowest BCUT2D eigenvalue weighted by molar-refractivity contribution is -0.384. The summed E-state index contributed by atoms with van der Waals surface area (Å²) < 4.78 is 44.4. The minimum absolute atomic E-state index is 0.0762. The van der Waals surface area contributed by atoms with Gasteiger partial charge in [-0.25, -0.2) is 0 Å². The van der Waals surface area contributed by atoms with E-state index < -0.39 is 28.5 Å². The molecule has 0 radical (unpaired) electrons. The first-order valence-electron chi connectivity index (χ1n) is 9.48. The number of carbonyl (C=O) groups is 1. The van der Waals surface area contributed by atoms with Crippen molar-refractivity contribution in [3.05, 3.63) is 62.1 Å². The summed E-state index contributed by atoms with van der Waals surface area (Å²) >= 11 is 11.9. The third-order valence-corrected chi connectivity index (χ3v) is 5.51. The second-order valence-electron chi connectivity index (χ2n) is 7.11. The first-order chi connectivity index (χ1) is 15.0. The standard InChI is InChI=1S/C20H18Cl2F3N3O4/c1-12(32-18-5-3-14(21)11-15(18)22)19(29)27-8-6-26(7-9-27)16-4-2-13(20(23,24)25)10-17(16)28(30)31/h2-5,10-12H,6-9H2,1H3/t12-/m0/s1. The first-order valence-corrected chi connectivity index (χ1v) is 10.2. The lowest BCUT2D eigenvalue weighted by atomic mass is 10.1.